The van der Waals surface area contributed by atoms with E-state index in [1.54, 1.807) is 29.2 Å². The zero-order valence-electron chi connectivity index (χ0n) is 11.5. The van der Waals surface area contributed by atoms with Crippen LogP contribution in [0.1, 0.15) is 16.1 Å². The van der Waals surface area contributed by atoms with Crippen LogP contribution in [0, 0.1) is 0 Å². The van der Waals surface area contributed by atoms with Crippen LogP contribution in [0.4, 0.5) is 0 Å². The van der Waals surface area contributed by atoms with Crippen LogP contribution in [-0.4, -0.2) is 40.0 Å². The van der Waals surface area contributed by atoms with Gasteiger partial charge in [0.15, 0.2) is 10.8 Å². The van der Waals surface area contributed by atoms with Gasteiger partial charge in [-0.15, -0.1) is 11.3 Å². The number of carboxylic acid groups (broad SMARTS) is 1. The first-order chi connectivity index (χ1) is 10.7. The Bertz CT molecular complexity index is 613. The Kier molecular flexibility index (Phi) is 6.81. The molecule has 0 radical (unpaired) electrons. The minimum absolute atomic E-state index is 0.153. The summed E-state index contributed by atoms with van der Waals surface area (Å²) in [7, 11) is 3.04. The largest absolute Gasteiger partial charge is 0.481 e. The number of aliphatic carboxylic acids is 1. The van der Waals surface area contributed by atoms with E-state index in [0.717, 1.165) is 5.75 Å². The number of thiazole rings is 1. The van der Waals surface area contributed by atoms with Crippen molar-refractivity contribution in [3.63, 3.8) is 0 Å². The summed E-state index contributed by atoms with van der Waals surface area (Å²) in [5.41, 5.74) is 0. The van der Waals surface area contributed by atoms with E-state index >= 15 is 0 Å². The summed E-state index contributed by atoms with van der Waals surface area (Å²) in [5, 5.41) is 12.0. The van der Waals surface area contributed by atoms with E-state index in [2.05, 4.69) is 10.3 Å². The first kappa shape index (κ1) is 16.9. The molecule has 0 aliphatic carbocycles. The molecule has 22 heavy (non-hydrogen) atoms. The average molecular weight is 358 g/mol. The lowest BCUT2D eigenvalue weighted by atomic mass is 10.5. The molecule has 0 aliphatic rings. The maximum Gasteiger partial charge on any atom is 0.304 e. The highest BCUT2D eigenvalue weighted by molar-refractivity contribution is 8.76. The molecule has 2 aromatic rings. The summed E-state index contributed by atoms with van der Waals surface area (Å²) < 4.78 is 5.23. The monoisotopic (exact) mass is 358 g/mol. The molecule has 0 spiro atoms. The molecule has 0 bridgehead atoms. The smallest absolute Gasteiger partial charge is 0.304 e. The van der Waals surface area contributed by atoms with Crippen LogP contribution in [0.2, 0.25) is 0 Å². The molecule has 0 saturated carbocycles. The highest BCUT2D eigenvalue weighted by Crippen LogP contribution is 2.25. The number of carbonyl (C=O) groups is 2. The first-order valence-electron chi connectivity index (χ1n) is 6.41. The molecule has 0 unspecified atom stereocenters. The molecule has 2 rings (SSSR count). The van der Waals surface area contributed by atoms with Crippen LogP contribution in [-0.2, 0) is 4.79 Å². The predicted molar refractivity (Wildman–Crippen MR) is 89.3 cm³/mol. The summed E-state index contributed by atoms with van der Waals surface area (Å²) in [6, 6.07) is 3.57. The molecule has 0 saturated heterocycles. The summed E-state index contributed by atoms with van der Waals surface area (Å²) in [4.78, 5) is 27.0. The standard InChI is InChI=1S/C13H14N2O4S3/c16-11(17)3-6-20-21-7-4-14-12(18)10-8-15-13(22-10)9-2-1-5-19-9/h1-2,5,8H,3-4,6-7H2,(H,14,18)(H,16,17). The van der Waals surface area contributed by atoms with Crippen molar-refractivity contribution in [2.75, 3.05) is 18.1 Å². The molecule has 2 N–H and O–H groups in total. The van der Waals surface area contributed by atoms with E-state index in [-0.39, 0.29) is 12.3 Å². The topological polar surface area (TPSA) is 92.4 Å². The van der Waals surface area contributed by atoms with Gasteiger partial charge in [0.05, 0.1) is 18.9 Å². The lowest BCUT2D eigenvalue weighted by Gasteiger charge is -2.02. The average Bonchev–Trinajstić information content (AvgIpc) is 3.16. The molecule has 2 aromatic heterocycles. The number of amides is 1. The molecule has 0 fully saturated rings. The Hall–Kier alpha value is -1.45. The van der Waals surface area contributed by atoms with E-state index < -0.39 is 5.97 Å². The summed E-state index contributed by atoms with van der Waals surface area (Å²) in [5.74, 6) is 0.981. The Morgan fingerprint density at radius 1 is 1.36 bits per heavy atom. The van der Waals surface area contributed by atoms with Crippen LogP contribution in [0.5, 0.6) is 0 Å². The van der Waals surface area contributed by atoms with Gasteiger partial charge in [0.2, 0.25) is 0 Å². The molecule has 1 amide bonds. The number of nitrogens with one attached hydrogen (secondary N) is 1. The fourth-order valence-corrected chi connectivity index (χ4v) is 4.12. The van der Waals surface area contributed by atoms with Gasteiger partial charge in [0.25, 0.3) is 5.91 Å². The van der Waals surface area contributed by atoms with Crippen LogP contribution >= 0.6 is 32.9 Å². The second-order valence-electron chi connectivity index (χ2n) is 4.05. The normalized spacial score (nSPS) is 10.5. The van der Waals surface area contributed by atoms with Crippen molar-refractivity contribution in [3.8, 4) is 10.8 Å². The molecule has 9 heteroatoms. The van der Waals surface area contributed by atoms with Crippen LogP contribution in [0.15, 0.2) is 29.0 Å². The number of rotatable bonds is 9. The maximum atomic E-state index is 11.9. The second-order valence-corrected chi connectivity index (χ2v) is 7.78. The molecule has 118 valence electrons. The number of hydrogen-bond donors (Lipinski definition) is 2. The molecular weight excluding hydrogens is 344 g/mol. The van der Waals surface area contributed by atoms with E-state index in [4.69, 9.17) is 9.52 Å². The quantitative estimate of drug-likeness (QED) is 0.526. The third-order valence-electron chi connectivity index (χ3n) is 2.41. The molecule has 2 heterocycles. The number of carbonyl (C=O) groups excluding carboxylic acids is 1. The summed E-state index contributed by atoms with van der Waals surface area (Å²) in [6.45, 7) is 0.525. The Labute approximate surface area is 139 Å². The van der Waals surface area contributed by atoms with Gasteiger partial charge in [-0.2, -0.15) is 0 Å². The zero-order chi connectivity index (χ0) is 15.8. The molecule has 6 nitrogen and oxygen atoms in total. The van der Waals surface area contributed by atoms with Crippen molar-refractivity contribution in [3.05, 3.63) is 29.5 Å². The van der Waals surface area contributed by atoms with Crippen molar-refractivity contribution >= 4 is 44.8 Å². The molecular formula is C13H14N2O4S3. The van der Waals surface area contributed by atoms with Crippen molar-refractivity contribution in [2.24, 2.45) is 0 Å². The second kappa shape index (κ2) is 8.86. The highest BCUT2D eigenvalue weighted by atomic mass is 33.1. The predicted octanol–water partition coefficient (Wildman–Crippen LogP) is 2.99. The fourth-order valence-electron chi connectivity index (χ4n) is 1.43. The molecule has 0 aromatic carbocycles. The van der Waals surface area contributed by atoms with Gasteiger partial charge in [-0.3, -0.25) is 9.59 Å². The van der Waals surface area contributed by atoms with Crippen molar-refractivity contribution in [1.29, 1.82) is 0 Å². The van der Waals surface area contributed by atoms with Gasteiger partial charge >= 0.3 is 5.97 Å². The molecule has 0 atom stereocenters. The minimum Gasteiger partial charge on any atom is -0.481 e. The van der Waals surface area contributed by atoms with Gasteiger partial charge in [-0.1, -0.05) is 21.6 Å². The minimum atomic E-state index is -0.793. The van der Waals surface area contributed by atoms with Crippen LogP contribution in [0.25, 0.3) is 10.8 Å². The van der Waals surface area contributed by atoms with E-state index in [9.17, 15) is 9.59 Å². The van der Waals surface area contributed by atoms with Crippen molar-refractivity contribution < 1.29 is 19.1 Å². The Morgan fingerprint density at radius 3 is 2.91 bits per heavy atom. The lowest BCUT2D eigenvalue weighted by Crippen LogP contribution is -2.24. The van der Waals surface area contributed by atoms with Crippen LogP contribution < -0.4 is 5.32 Å². The fraction of sp³-hybridized carbons (Fsp3) is 0.308. The maximum absolute atomic E-state index is 11.9. The summed E-state index contributed by atoms with van der Waals surface area (Å²) in [6.07, 6.45) is 3.25. The molecule has 0 aliphatic heterocycles. The number of nitrogens with zero attached hydrogens (tertiary/aromatic N) is 1. The van der Waals surface area contributed by atoms with Crippen molar-refractivity contribution in [1.82, 2.24) is 10.3 Å². The zero-order valence-corrected chi connectivity index (χ0v) is 13.9. The van der Waals surface area contributed by atoms with E-state index in [0.29, 0.717) is 27.9 Å². The Morgan fingerprint density at radius 2 is 2.18 bits per heavy atom. The number of furan rings is 1. The van der Waals surface area contributed by atoms with Gasteiger partial charge in [-0.25, -0.2) is 4.98 Å². The lowest BCUT2D eigenvalue weighted by molar-refractivity contribution is -0.136. The number of hydrogen-bond acceptors (Lipinski definition) is 7. The van der Waals surface area contributed by atoms with E-state index in [1.165, 1.54) is 28.3 Å². The van der Waals surface area contributed by atoms with E-state index in [1.807, 2.05) is 0 Å². The van der Waals surface area contributed by atoms with Crippen molar-refractivity contribution in [2.45, 2.75) is 6.42 Å². The van der Waals surface area contributed by atoms with Crippen LogP contribution in [0.3, 0.4) is 0 Å². The first-order valence-corrected chi connectivity index (χ1v) is 9.71. The van der Waals surface area contributed by atoms with Gasteiger partial charge in [0.1, 0.15) is 4.88 Å². The third-order valence-corrected chi connectivity index (χ3v) is 5.83. The highest BCUT2D eigenvalue weighted by Gasteiger charge is 2.12. The van der Waals surface area contributed by atoms with Gasteiger partial charge in [-0.05, 0) is 12.1 Å². The van der Waals surface area contributed by atoms with Gasteiger partial charge < -0.3 is 14.8 Å². The Balaban J connectivity index is 1.66. The third kappa shape index (κ3) is 5.39. The van der Waals surface area contributed by atoms with Gasteiger partial charge in [0, 0.05) is 18.1 Å². The summed E-state index contributed by atoms with van der Waals surface area (Å²) >= 11 is 1.28. The SMILES string of the molecule is O=C(O)CCSSCCNC(=O)c1cnc(-c2ccco2)s1. The number of carboxylic acids is 1. The number of aromatic nitrogens is 1.